The normalized spacial score (nSPS) is 10.8. The Bertz CT molecular complexity index is 1640. The van der Waals surface area contributed by atoms with Gasteiger partial charge in [-0.1, -0.05) is 100 Å². The van der Waals surface area contributed by atoms with Crippen LogP contribution < -0.4 is 11.1 Å². The van der Waals surface area contributed by atoms with Crippen LogP contribution in [-0.4, -0.2) is 20.0 Å². The van der Waals surface area contributed by atoms with Crippen LogP contribution in [-0.2, 0) is 55.9 Å². The predicted octanol–water partition coefficient (Wildman–Crippen LogP) is 11.7. The van der Waals surface area contributed by atoms with Crippen molar-refractivity contribution in [3.05, 3.63) is 103 Å². The zero-order chi connectivity index (χ0) is 37.3. The first-order valence-corrected chi connectivity index (χ1v) is 19.6. The van der Waals surface area contributed by atoms with Crippen LogP contribution in [0.15, 0.2) is 54.6 Å². The Labute approximate surface area is 321 Å². The molecule has 0 aliphatic rings. The van der Waals surface area contributed by atoms with Gasteiger partial charge in [0.05, 0.1) is 11.1 Å². The van der Waals surface area contributed by atoms with Crippen molar-refractivity contribution in [1.29, 1.82) is 0 Å². The lowest BCUT2D eigenvalue weighted by Gasteiger charge is -2.17. The molecule has 0 spiro atoms. The summed E-state index contributed by atoms with van der Waals surface area (Å²) in [6.45, 7) is 20.4. The van der Waals surface area contributed by atoms with Crippen LogP contribution in [0.3, 0.4) is 0 Å². The first kappa shape index (κ1) is 44.4. The van der Waals surface area contributed by atoms with E-state index in [0.29, 0.717) is 4.32 Å². The molecule has 3 N–H and O–H groups in total. The molecule has 0 saturated carbocycles. The number of benzene rings is 3. The van der Waals surface area contributed by atoms with Crippen molar-refractivity contribution in [2.45, 2.75) is 113 Å². The number of rotatable bonds is 9. The third-order valence-corrected chi connectivity index (χ3v) is 10.2. The zero-order valence-electron chi connectivity index (χ0n) is 31.0. The molecule has 0 fully saturated rings. The van der Waals surface area contributed by atoms with E-state index in [-0.39, 0.29) is 11.2 Å². The minimum absolute atomic E-state index is 0.0247. The SMILES string of the molecule is CC(=O)C(C)Cl.CCc1cccc(CC)c1-n1c(C)c(C)sc1=S.CCc1cccc(CC)c1N.CCc1cccc(CC)c1NC(=S)[S-]. The molecule has 0 amide bonds. The maximum Gasteiger partial charge on any atom is 0.166 e. The Morgan fingerprint density at radius 2 is 1.16 bits per heavy atom. The monoisotopic (exact) mass is 756 g/mol. The summed E-state index contributed by atoms with van der Waals surface area (Å²) in [5.41, 5.74) is 18.4. The lowest BCUT2D eigenvalue weighted by atomic mass is 10.0. The fraction of sp³-hybridized carbons (Fsp3) is 0.425. The van der Waals surface area contributed by atoms with E-state index in [4.69, 9.17) is 54.4 Å². The summed E-state index contributed by atoms with van der Waals surface area (Å²) in [5, 5.41) is 2.78. The number of thiazole rings is 1. The van der Waals surface area contributed by atoms with Gasteiger partial charge in [0.25, 0.3) is 0 Å². The summed E-state index contributed by atoms with van der Waals surface area (Å²) < 4.78 is 3.63. The average molecular weight is 758 g/mol. The van der Waals surface area contributed by atoms with E-state index in [0.717, 1.165) is 53.9 Å². The van der Waals surface area contributed by atoms with Gasteiger partial charge in [-0.15, -0.1) is 22.9 Å². The number of carbonyl (C=O) groups excluding carboxylic acids is 1. The number of thiocarbonyl (C=S) groups is 1. The molecule has 268 valence electrons. The number of para-hydroxylation sites is 3. The highest BCUT2D eigenvalue weighted by Crippen LogP contribution is 2.28. The molecule has 0 saturated heterocycles. The predicted molar refractivity (Wildman–Crippen MR) is 227 cm³/mol. The van der Waals surface area contributed by atoms with Gasteiger partial charge in [0, 0.05) is 21.9 Å². The summed E-state index contributed by atoms with van der Waals surface area (Å²) >= 11 is 22.3. The minimum atomic E-state index is -0.315. The Kier molecular flexibility index (Phi) is 20.8. The molecule has 1 heterocycles. The van der Waals surface area contributed by atoms with Crippen molar-refractivity contribution in [2.24, 2.45) is 0 Å². The number of nitrogens with two attached hydrogens (primary N) is 1. The fourth-order valence-corrected chi connectivity index (χ4v) is 6.72. The minimum Gasteiger partial charge on any atom is -0.411 e. The number of ketones is 1. The molecule has 9 heteroatoms. The van der Waals surface area contributed by atoms with Gasteiger partial charge >= 0.3 is 0 Å². The maximum atomic E-state index is 10.0. The number of nitrogens with zero attached hydrogens (tertiary/aromatic N) is 1. The summed E-state index contributed by atoms with van der Waals surface area (Å²) in [4.78, 5) is 11.3. The van der Waals surface area contributed by atoms with Crippen LogP contribution in [0.2, 0.25) is 0 Å². The maximum absolute atomic E-state index is 10.0. The van der Waals surface area contributed by atoms with Crippen molar-refractivity contribution in [3.63, 3.8) is 0 Å². The lowest BCUT2D eigenvalue weighted by Crippen LogP contribution is -2.09. The van der Waals surface area contributed by atoms with Crippen LogP contribution in [0.25, 0.3) is 5.69 Å². The number of nitrogens with one attached hydrogen (secondary N) is 1. The molecule has 1 unspecified atom stereocenters. The quantitative estimate of drug-likeness (QED) is 0.0767. The topological polar surface area (TPSA) is 60.0 Å². The molecule has 3 aromatic carbocycles. The molecule has 1 aromatic heterocycles. The average Bonchev–Trinajstić information content (AvgIpc) is 3.34. The Morgan fingerprint density at radius 1 is 0.816 bits per heavy atom. The van der Waals surface area contributed by atoms with E-state index in [9.17, 15) is 4.79 Å². The molecule has 4 rings (SSSR count). The Balaban J connectivity index is 0.000000348. The van der Waals surface area contributed by atoms with Crippen molar-refractivity contribution in [3.8, 4) is 5.69 Å². The second kappa shape index (κ2) is 23.0. The summed E-state index contributed by atoms with van der Waals surface area (Å²) in [6, 6.07) is 19.1. The number of aryl methyl sites for hydroxylation is 7. The molecular weight excluding hydrogens is 702 g/mol. The number of carbonyl (C=O) groups is 1. The smallest absolute Gasteiger partial charge is 0.166 e. The van der Waals surface area contributed by atoms with Crippen molar-refractivity contribution in [1.82, 2.24) is 4.57 Å². The third-order valence-electron chi connectivity index (χ3n) is 8.29. The van der Waals surface area contributed by atoms with Gasteiger partial charge < -0.3 is 35.9 Å². The standard InChI is InChI=1S/C15H19NS2.C11H15NS2.C10H15N.C4H7ClO/c1-5-12-8-7-9-13(6-2)14(12)16-10(3)11(4)18-15(16)17;1-3-8-6-5-7-9(4-2)10(8)12-11(13)14;1-3-8-6-5-7-9(4-2)10(8)11;1-3(5)4(2)6/h7-9H,5-6H2,1-4H3;5-7H,3-4H2,1-2H3,(H2,12,13,14);5-7H,3-4,11H2,1-2H3;3H,1-2H3/p-1. The molecule has 4 aromatic rings. The largest absolute Gasteiger partial charge is 0.411 e. The zero-order valence-corrected chi connectivity index (χ0v) is 35.0. The van der Waals surface area contributed by atoms with E-state index in [1.54, 1.807) is 18.3 Å². The molecule has 0 aliphatic heterocycles. The highest BCUT2D eigenvalue weighted by Gasteiger charge is 2.13. The van der Waals surface area contributed by atoms with E-state index in [2.05, 4.69) is 120 Å². The van der Waals surface area contributed by atoms with Gasteiger partial charge in [-0.25, -0.2) is 0 Å². The molecular formula is C40H55ClN3OS4-. The summed E-state index contributed by atoms with van der Waals surface area (Å²) in [6.07, 6.45) is 6.13. The van der Waals surface area contributed by atoms with Gasteiger partial charge in [0.15, 0.2) is 3.95 Å². The fourth-order valence-electron chi connectivity index (χ4n) is 5.09. The summed E-state index contributed by atoms with van der Waals surface area (Å²) in [5.74, 6) is 0.0247. The molecule has 0 bridgehead atoms. The van der Waals surface area contributed by atoms with E-state index in [1.165, 1.54) is 56.6 Å². The van der Waals surface area contributed by atoms with Gasteiger partial charge in [-0.2, -0.15) is 0 Å². The second-order valence-electron chi connectivity index (χ2n) is 11.5. The van der Waals surface area contributed by atoms with E-state index in [1.807, 2.05) is 0 Å². The number of hydrogen-bond acceptors (Lipinski definition) is 6. The first-order valence-electron chi connectivity index (χ1n) is 17.1. The van der Waals surface area contributed by atoms with Gasteiger partial charge in [-0.3, -0.25) is 9.36 Å². The van der Waals surface area contributed by atoms with Crippen molar-refractivity contribution < 1.29 is 4.79 Å². The molecule has 0 radical (unpaired) electrons. The van der Waals surface area contributed by atoms with Crippen LogP contribution in [0.5, 0.6) is 0 Å². The number of aromatic nitrogens is 1. The van der Waals surface area contributed by atoms with E-state index >= 15 is 0 Å². The Hall–Kier alpha value is -2.62. The highest BCUT2D eigenvalue weighted by molar-refractivity contribution is 8.00. The third kappa shape index (κ3) is 13.6. The number of hydrogen-bond donors (Lipinski definition) is 2. The number of anilines is 2. The summed E-state index contributed by atoms with van der Waals surface area (Å²) in [7, 11) is 0. The molecule has 4 nitrogen and oxygen atoms in total. The highest BCUT2D eigenvalue weighted by atomic mass is 35.5. The van der Waals surface area contributed by atoms with E-state index < -0.39 is 0 Å². The van der Waals surface area contributed by atoms with Crippen LogP contribution in [0.1, 0.15) is 99.3 Å². The molecule has 1 atom stereocenters. The van der Waals surface area contributed by atoms with Crippen molar-refractivity contribution >= 4 is 81.5 Å². The van der Waals surface area contributed by atoms with Crippen LogP contribution in [0, 0.1) is 17.8 Å². The Morgan fingerprint density at radius 3 is 1.45 bits per heavy atom. The number of Topliss-reactive ketones (excluding diaryl/α,β-unsaturated/α-hetero) is 1. The van der Waals surface area contributed by atoms with Gasteiger partial charge in [0.1, 0.15) is 5.78 Å². The first-order chi connectivity index (χ1) is 23.2. The van der Waals surface area contributed by atoms with Crippen LogP contribution in [0.4, 0.5) is 11.4 Å². The number of nitrogen functional groups attached to an aromatic ring is 1. The lowest BCUT2D eigenvalue weighted by molar-refractivity contribution is -0.116. The number of halogens is 1. The van der Waals surface area contributed by atoms with Crippen LogP contribution >= 0.6 is 47.4 Å². The molecule has 0 aliphatic carbocycles. The van der Waals surface area contributed by atoms with Gasteiger partial charge in [-0.05, 0) is 112 Å². The molecule has 49 heavy (non-hydrogen) atoms. The second-order valence-corrected chi connectivity index (χ2v) is 15.0. The van der Waals surface area contributed by atoms with Crippen molar-refractivity contribution in [2.75, 3.05) is 11.1 Å². The number of alkyl halides is 1. The van der Waals surface area contributed by atoms with Gasteiger partial charge in [0.2, 0.25) is 0 Å².